The van der Waals surface area contributed by atoms with Crippen LogP contribution in [0.5, 0.6) is 0 Å². The Morgan fingerprint density at radius 2 is 2.15 bits per heavy atom. The van der Waals surface area contributed by atoms with Gasteiger partial charge in [0, 0.05) is 17.5 Å². The van der Waals surface area contributed by atoms with Gasteiger partial charge in [-0.1, -0.05) is 30.7 Å². The first-order chi connectivity index (χ1) is 9.70. The van der Waals surface area contributed by atoms with Gasteiger partial charge >= 0.3 is 0 Å². The Hall–Kier alpha value is -1.25. The first-order valence-electron chi connectivity index (χ1n) is 7.22. The highest BCUT2D eigenvalue weighted by Crippen LogP contribution is 2.24. The molecule has 0 saturated carbocycles. The van der Waals surface area contributed by atoms with Crippen molar-refractivity contribution < 1.29 is 4.42 Å². The Morgan fingerprint density at radius 3 is 2.80 bits per heavy atom. The van der Waals surface area contributed by atoms with Crippen molar-refractivity contribution in [3.8, 4) is 0 Å². The normalized spacial score (nSPS) is 12.6. The standard InChI is InChI=1S/C17H22ClNO/c1-3-10-19-17(9-8-15-5-4-11-20-15)14-7-6-13(2)16(18)12-14/h4-7,11-12,17,19H,3,8-10H2,1-2H3. The molecule has 0 aliphatic heterocycles. The van der Waals surface area contributed by atoms with Crippen LogP contribution < -0.4 is 5.32 Å². The lowest BCUT2D eigenvalue weighted by Crippen LogP contribution is -2.22. The largest absolute Gasteiger partial charge is 0.469 e. The number of nitrogens with one attached hydrogen (secondary N) is 1. The summed E-state index contributed by atoms with van der Waals surface area (Å²) >= 11 is 6.25. The van der Waals surface area contributed by atoms with E-state index in [1.807, 2.05) is 19.1 Å². The van der Waals surface area contributed by atoms with Gasteiger partial charge in [0.25, 0.3) is 0 Å². The molecule has 0 amide bonds. The van der Waals surface area contributed by atoms with E-state index in [2.05, 4.69) is 30.4 Å². The Kier molecular flexibility index (Phi) is 5.69. The van der Waals surface area contributed by atoms with Crippen LogP contribution in [0.25, 0.3) is 0 Å². The third-order valence-electron chi connectivity index (χ3n) is 3.50. The van der Waals surface area contributed by atoms with Crippen molar-refractivity contribution in [1.29, 1.82) is 0 Å². The smallest absolute Gasteiger partial charge is 0.103 e. The van der Waals surface area contributed by atoms with Crippen molar-refractivity contribution in [2.24, 2.45) is 0 Å². The fraction of sp³-hybridized carbons (Fsp3) is 0.412. The number of hydrogen-bond donors (Lipinski definition) is 1. The zero-order valence-electron chi connectivity index (χ0n) is 12.2. The molecule has 2 rings (SSSR count). The molecule has 0 radical (unpaired) electrons. The zero-order valence-corrected chi connectivity index (χ0v) is 12.9. The minimum atomic E-state index is 0.318. The monoisotopic (exact) mass is 291 g/mol. The first-order valence-corrected chi connectivity index (χ1v) is 7.60. The molecule has 1 aromatic carbocycles. The van der Waals surface area contributed by atoms with E-state index in [-0.39, 0.29) is 0 Å². The number of rotatable bonds is 7. The third kappa shape index (κ3) is 4.12. The maximum Gasteiger partial charge on any atom is 0.103 e. The highest BCUT2D eigenvalue weighted by atomic mass is 35.5. The summed E-state index contributed by atoms with van der Waals surface area (Å²) in [4.78, 5) is 0. The van der Waals surface area contributed by atoms with E-state index >= 15 is 0 Å². The Balaban J connectivity index is 2.07. The minimum absolute atomic E-state index is 0.318. The third-order valence-corrected chi connectivity index (χ3v) is 3.91. The maximum absolute atomic E-state index is 6.25. The van der Waals surface area contributed by atoms with E-state index < -0.39 is 0 Å². The summed E-state index contributed by atoms with van der Waals surface area (Å²) < 4.78 is 5.41. The average Bonchev–Trinajstić information content (AvgIpc) is 2.95. The summed E-state index contributed by atoms with van der Waals surface area (Å²) in [7, 11) is 0. The van der Waals surface area contributed by atoms with E-state index in [0.717, 1.165) is 42.2 Å². The average molecular weight is 292 g/mol. The van der Waals surface area contributed by atoms with Crippen molar-refractivity contribution >= 4 is 11.6 Å². The van der Waals surface area contributed by atoms with Crippen LogP contribution in [-0.2, 0) is 6.42 Å². The van der Waals surface area contributed by atoms with Crippen molar-refractivity contribution in [2.75, 3.05) is 6.54 Å². The summed E-state index contributed by atoms with van der Waals surface area (Å²) in [6.45, 7) is 5.22. The van der Waals surface area contributed by atoms with Crippen LogP contribution in [0.4, 0.5) is 0 Å². The molecule has 0 spiro atoms. The first kappa shape index (κ1) is 15.1. The molecule has 0 saturated heterocycles. The summed E-state index contributed by atoms with van der Waals surface area (Å²) in [5.74, 6) is 1.03. The summed E-state index contributed by atoms with van der Waals surface area (Å²) in [6.07, 6.45) is 4.79. The lowest BCUT2D eigenvalue weighted by molar-refractivity contribution is 0.452. The van der Waals surface area contributed by atoms with Crippen LogP contribution in [0.15, 0.2) is 41.0 Å². The fourth-order valence-electron chi connectivity index (χ4n) is 2.27. The predicted molar refractivity (Wildman–Crippen MR) is 84.3 cm³/mol. The highest BCUT2D eigenvalue weighted by Gasteiger charge is 2.12. The molecule has 0 aliphatic rings. The van der Waals surface area contributed by atoms with Crippen molar-refractivity contribution in [1.82, 2.24) is 5.32 Å². The molecule has 2 aromatic rings. The van der Waals surface area contributed by atoms with Crippen molar-refractivity contribution in [2.45, 2.75) is 39.2 Å². The summed E-state index contributed by atoms with van der Waals surface area (Å²) in [6, 6.07) is 10.6. The number of hydrogen-bond acceptors (Lipinski definition) is 2. The topological polar surface area (TPSA) is 25.2 Å². The lowest BCUT2D eigenvalue weighted by atomic mass is 10.00. The maximum atomic E-state index is 6.25. The predicted octanol–water partition coefficient (Wildman–Crippen LogP) is 4.91. The van der Waals surface area contributed by atoms with Crippen LogP contribution in [0.2, 0.25) is 5.02 Å². The van der Waals surface area contributed by atoms with Gasteiger partial charge in [0.15, 0.2) is 0 Å². The lowest BCUT2D eigenvalue weighted by Gasteiger charge is -2.19. The van der Waals surface area contributed by atoms with E-state index in [0.29, 0.717) is 6.04 Å². The second-order valence-electron chi connectivity index (χ2n) is 5.13. The van der Waals surface area contributed by atoms with E-state index in [4.69, 9.17) is 16.0 Å². The minimum Gasteiger partial charge on any atom is -0.469 e. The molecule has 20 heavy (non-hydrogen) atoms. The second-order valence-corrected chi connectivity index (χ2v) is 5.54. The molecule has 1 heterocycles. The second kappa shape index (κ2) is 7.51. The number of benzene rings is 1. The molecule has 3 heteroatoms. The van der Waals surface area contributed by atoms with Crippen LogP contribution in [0.3, 0.4) is 0 Å². The van der Waals surface area contributed by atoms with Crippen LogP contribution >= 0.6 is 11.6 Å². The Labute approximate surface area is 126 Å². The molecule has 2 nitrogen and oxygen atoms in total. The molecular weight excluding hydrogens is 270 g/mol. The van der Waals surface area contributed by atoms with E-state index in [1.54, 1.807) is 6.26 Å². The molecule has 1 aromatic heterocycles. The van der Waals surface area contributed by atoms with E-state index in [9.17, 15) is 0 Å². The summed E-state index contributed by atoms with van der Waals surface area (Å²) in [5.41, 5.74) is 2.37. The highest BCUT2D eigenvalue weighted by molar-refractivity contribution is 6.31. The van der Waals surface area contributed by atoms with Gasteiger partial charge in [0.2, 0.25) is 0 Å². The fourth-order valence-corrected chi connectivity index (χ4v) is 2.46. The molecule has 0 fully saturated rings. The zero-order chi connectivity index (χ0) is 14.4. The molecule has 108 valence electrons. The van der Waals surface area contributed by atoms with Crippen molar-refractivity contribution in [3.05, 3.63) is 58.5 Å². The van der Waals surface area contributed by atoms with Gasteiger partial charge in [-0.2, -0.15) is 0 Å². The van der Waals surface area contributed by atoms with Gasteiger partial charge in [0.05, 0.1) is 6.26 Å². The number of aryl methyl sites for hydroxylation is 2. The van der Waals surface area contributed by atoms with Crippen LogP contribution in [0.1, 0.15) is 42.7 Å². The van der Waals surface area contributed by atoms with E-state index in [1.165, 1.54) is 5.56 Å². The molecule has 1 N–H and O–H groups in total. The number of halogens is 1. The van der Waals surface area contributed by atoms with Crippen molar-refractivity contribution in [3.63, 3.8) is 0 Å². The Bertz CT molecular complexity index is 522. The molecule has 0 aliphatic carbocycles. The van der Waals surface area contributed by atoms with Gasteiger partial charge in [-0.3, -0.25) is 0 Å². The SMILES string of the molecule is CCCNC(CCc1ccco1)c1ccc(C)c(Cl)c1. The van der Waals surface area contributed by atoms with Gasteiger partial charge < -0.3 is 9.73 Å². The molecule has 0 bridgehead atoms. The van der Waals surface area contributed by atoms with Gasteiger partial charge in [-0.15, -0.1) is 0 Å². The van der Waals surface area contributed by atoms with Crippen LogP contribution in [-0.4, -0.2) is 6.54 Å². The van der Waals surface area contributed by atoms with Crippen LogP contribution in [0, 0.1) is 6.92 Å². The molecular formula is C17H22ClNO. The molecule has 1 atom stereocenters. The quantitative estimate of drug-likeness (QED) is 0.783. The summed E-state index contributed by atoms with van der Waals surface area (Å²) in [5, 5.41) is 4.43. The van der Waals surface area contributed by atoms with Gasteiger partial charge in [-0.05, 0) is 55.6 Å². The number of furan rings is 1. The molecule has 1 unspecified atom stereocenters. The van der Waals surface area contributed by atoms with Gasteiger partial charge in [-0.25, -0.2) is 0 Å². The Morgan fingerprint density at radius 1 is 1.30 bits per heavy atom. The van der Waals surface area contributed by atoms with Gasteiger partial charge in [0.1, 0.15) is 5.76 Å².